The Hall–Kier alpha value is -1.97. The highest BCUT2D eigenvalue weighted by atomic mass is 16.1. The van der Waals surface area contributed by atoms with Gasteiger partial charge in [0.1, 0.15) is 0 Å². The summed E-state index contributed by atoms with van der Waals surface area (Å²) in [5.41, 5.74) is 8.67. The Morgan fingerprint density at radius 2 is 1.86 bits per heavy atom. The molecular weight excluding hydrogens is 264 g/mol. The number of nitrogens with two attached hydrogens (primary N) is 1. The second-order valence-corrected chi connectivity index (χ2v) is 5.34. The zero-order valence-corrected chi connectivity index (χ0v) is 13.3. The number of hydrogen-bond donors (Lipinski definition) is 1. The maximum absolute atomic E-state index is 12.2. The molecule has 1 rings (SSSR count). The van der Waals surface area contributed by atoms with Crippen LogP contribution in [0.4, 0.5) is 0 Å². The van der Waals surface area contributed by atoms with Gasteiger partial charge in [-0.1, -0.05) is 19.8 Å². The molecular formula is C17H24N2O2. The Balaban J connectivity index is 2.99. The summed E-state index contributed by atoms with van der Waals surface area (Å²) in [6, 6.07) is 1.70. The second kappa shape index (κ2) is 7.72. The number of primary amides is 1. The molecule has 4 nitrogen and oxygen atoms in total. The third-order valence-corrected chi connectivity index (χ3v) is 3.72. The molecule has 0 aliphatic carbocycles. The van der Waals surface area contributed by atoms with Crippen molar-refractivity contribution in [3.05, 3.63) is 33.9 Å². The fraction of sp³-hybridized carbons (Fsp3) is 0.471. The van der Waals surface area contributed by atoms with Gasteiger partial charge in [-0.2, -0.15) is 0 Å². The van der Waals surface area contributed by atoms with Gasteiger partial charge in [-0.15, -0.1) is 0 Å². The van der Waals surface area contributed by atoms with Crippen molar-refractivity contribution in [2.75, 3.05) is 0 Å². The van der Waals surface area contributed by atoms with Crippen LogP contribution in [-0.2, 0) is 0 Å². The van der Waals surface area contributed by atoms with E-state index in [0.29, 0.717) is 11.1 Å². The summed E-state index contributed by atoms with van der Waals surface area (Å²) >= 11 is 0. The van der Waals surface area contributed by atoms with E-state index in [4.69, 9.17) is 5.73 Å². The number of nitrogens with zero attached hydrogens (tertiary/aromatic N) is 1. The molecule has 1 aromatic rings. The largest absolute Gasteiger partial charge is 0.366 e. The molecule has 0 unspecified atom stereocenters. The average Bonchev–Trinajstić information content (AvgIpc) is 2.42. The third-order valence-electron chi connectivity index (χ3n) is 3.72. The van der Waals surface area contributed by atoms with Crippen LogP contribution >= 0.6 is 0 Å². The van der Waals surface area contributed by atoms with E-state index in [1.165, 1.54) is 0 Å². The van der Waals surface area contributed by atoms with Crippen molar-refractivity contribution in [3.63, 3.8) is 0 Å². The lowest BCUT2D eigenvalue weighted by Gasteiger charge is -2.12. The van der Waals surface area contributed by atoms with Gasteiger partial charge < -0.3 is 5.73 Å². The van der Waals surface area contributed by atoms with Crippen LogP contribution in [0.3, 0.4) is 0 Å². The monoisotopic (exact) mass is 288 g/mol. The summed E-state index contributed by atoms with van der Waals surface area (Å²) in [5, 5.41) is 0. The minimum Gasteiger partial charge on any atom is -0.366 e. The van der Waals surface area contributed by atoms with Gasteiger partial charge in [0.2, 0.25) is 5.91 Å². The first kappa shape index (κ1) is 17.1. The van der Waals surface area contributed by atoms with E-state index >= 15 is 0 Å². The Morgan fingerprint density at radius 1 is 1.19 bits per heavy atom. The Bertz CT molecular complexity index is 575. The summed E-state index contributed by atoms with van der Waals surface area (Å²) in [5.74, 6) is -0.721. The highest BCUT2D eigenvalue weighted by molar-refractivity contribution is 6.03. The third kappa shape index (κ3) is 4.25. The Morgan fingerprint density at radius 3 is 2.43 bits per heavy atom. The highest BCUT2D eigenvalue weighted by Crippen LogP contribution is 2.22. The van der Waals surface area contributed by atoms with Gasteiger partial charge in [-0.25, -0.2) is 4.99 Å². The van der Waals surface area contributed by atoms with Gasteiger partial charge in [-0.3, -0.25) is 9.59 Å². The van der Waals surface area contributed by atoms with Crippen molar-refractivity contribution in [3.8, 4) is 0 Å². The normalized spacial score (nSPS) is 11.0. The maximum atomic E-state index is 12.2. The van der Waals surface area contributed by atoms with E-state index < -0.39 is 5.91 Å². The predicted molar refractivity (Wildman–Crippen MR) is 86.1 cm³/mol. The van der Waals surface area contributed by atoms with Gasteiger partial charge in [-0.05, 0) is 56.4 Å². The quantitative estimate of drug-likeness (QED) is 0.642. The molecule has 0 saturated heterocycles. The molecule has 0 saturated carbocycles. The topological polar surface area (TPSA) is 72.5 Å². The summed E-state index contributed by atoms with van der Waals surface area (Å²) in [6.45, 7) is 7.55. The van der Waals surface area contributed by atoms with Crippen molar-refractivity contribution in [1.29, 1.82) is 0 Å². The van der Waals surface area contributed by atoms with Crippen LogP contribution in [0, 0.1) is 20.8 Å². The predicted octanol–water partition coefficient (Wildman–Crippen LogP) is 3.50. The molecule has 0 aliphatic rings. The Labute approximate surface area is 126 Å². The smallest absolute Gasteiger partial charge is 0.276 e. The standard InChI is InChI=1S/C17H24N2O2/c1-5-6-7-8-9-19-17(21)14-10-11(2)15(16(18)20)13(4)12(14)3/h9-10H,5-8H2,1-4H3,(H2,18,20). The summed E-state index contributed by atoms with van der Waals surface area (Å²) in [7, 11) is 0. The number of hydrogen-bond acceptors (Lipinski definition) is 2. The van der Waals surface area contributed by atoms with Crippen LogP contribution in [0.15, 0.2) is 11.1 Å². The zero-order valence-electron chi connectivity index (χ0n) is 13.3. The van der Waals surface area contributed by atoms with E-state index in [1.807, 2.05) is 13.8 Å². The lowest BCUT2D eigenvalue weighted by molar-refractivity contribution is 0.0988. The maximum Gasteiger partial charge on any atom is 0.276 e. The lowest BCUT2D eigenvalue weighted by Crippen LogP contribution is -2.17. The number of amides is 2. The van der Waals surface area contributed by atoms with E-state index in [0.717, 1.165) is 42.4 Å². The summed E-state index contributed by atoms with van der Waals surface area (Å²) in [4.78, 5) is 27.6. The van der Waals surface area contributed by atoms with E-state index in [1.54, 1.807) is 19.2 Å². The highest BCUT2D eigenvalue weighted by Gasteiger charge is 2.17. The molecule has 0 heterocycles. The summed E-state index contributed by atoms with van der Waals surface area (Å²) in [6.07, 6.45) is 5.84. The van der Waals surface area contributed by atoms with Gasteiger partial charge in [0, 0.05) is 17.3 Å². The molecule has 0 aliphatic heterocycles. The first-order chi connectivity index (χ1) is 9.90. The molecule has 0 aromatic heterocycles. The fourth-order valence-electron chi connectivity index (χ4n) is 2.39. The number of aliphatic imine (C=N–C) groups is 1. The molecule has 2 N–H and O–H groups in total. The number of unbranched alkanes of at least 4 members (excludes halogenated alkanes) is 3. The molecule has 0 atom stereocenters. The van der Waals surface area contributed by atoms with Crippen molar-refractivity contribution in [2.45, 2.75) is 53.4 Å². The number of carbonyl (C=O) groups is 2. The molecule has 1 aromatic carbocycles. The van der Waals surface area contributed by atoms with Crippen LogP contribution < -0.4 is 5.73 Å². The molecule has 21 heavy (non-hydrogen) atoms. The number of aryl methyl sites for hydroxylation is 1. The van der Waals surface area contributed by atoms with Crippen molar-refractivity contribution < 1.29 is 9.59 Å². The van der Waals surface area contributed by atoms with Gasteiger partial charge in [0.25, 0.3) is 5.91 Å². The van der Waals surface area contributed by atoms with Crippen molar-refractivity contribution in [2.24, 2.45) is 10.7 Å². The minimum atomic E-state index is -0.463. The zero-order chi connectivity index (χ0) is 16.0. The first-order valence-corrected chi connectivity index (χ1v) is 7.37. The van der Waals surface area contributed by atoms with Crippen LogP contribution in [0.5, 0.6) is 0 Å². The van der Waals surface area contributed by atoms with E-state index in [9.17, 15) is 9.59 Å². The van der Waals surface area contributed by atoms with Crippen LogP contribution in [0.2, 0.25) is 0 Å². The average molecular weight is 288 g/mol. The fourth-order valence-corrected chi connectivity index (χ4v) is 2.39. The number of rotatable bonds is 6. The van der Waals surface area contributed by atoms with E-state index in [-0.39, 0.29) is 5.91 Å². The van der Waals surface area contributed by atoms with Crippen molar-refractivity contribution in [1.82, 2.24) is 0 Å². The van der Waals surface area contributed by atoms with Gasteiger partial charge in [0.15, 0.2) is 0 Å². The molecule has 2 amide bonds. The SMILES string of the molecule is CCCCCC=NC(=O)c1cc(C)c(C(N)=O)c(C)c1C. The molecule has 4 heteroatoms. The number of carbonyl (C=O) groups excluding carboxylic acids is 2. The van der Waals surface area contributed by atoms with Crippen LogP contribution in [0.25, 0.3) is 0 Å². The molecule has 0 fully saturated rings. The molecule has 0 bridgehead atoms. The van der Waals surface area contributed by atoms with Crippen LogP contribution in [-0.4, -0.2) is 18.0 Å². The summed E-state index contributed by atoms with van der Waals surface area (Å²) < 4.78 is 0. The van der Waals surface area contributed by atoms with Gasteiger partial charge >= 0.3 is 0 Å². The molecule has 114 valence electrons. The van der Waals surface area contributed by atoms with Crippen LogP contribution in [0.1, 0.15) is 70.0 Å². The Kier molecular flexibility index (Phi) is 6.28. The van der Waals surface area contributed by atoms with Gasteiger partial charge in [0.05, 0.1) is 0 Å². The lowest BCUT2D eigenvalue weighted by atomic mass is 9.93. The van der Waals surface area contributed by atoms with E-state index in [2.05, 4.69) is 11.9 Å². The minimum absolute atomic E-state index is 0.258. The first-order valence-electron chi connectivity index (χ1n) is 7.37. The molecule has 0 spiro atoms. The van der Waals surface area contributed by atoms with Crippen molar-refractivity contribution >= 4 is 18.0 Å². The number of benzene rings is 1. The molecule has 0 radical (unpaired) electrons. The second-order valence-electron chi connectivity index (χ2n) is 5.34.